The number of hydroxylamine groups is 2. The lowest BCUT2D eigenvalue weighted by atomic mass is 10.0. The van der Waals surface area contributed by atoms with Crippen LogP contribution in [-0.2, 0) is 24.0 Å². The molecule has 1 aliphatic heterocycles. The van der Waals surface area contributed by atoms with Crippen LogP contribution >= 0.6 is 0 Å². The molecule has 0 aromatic rings. The van der Waals surface area contributed by atoms with Gasteiger partial charge in [-0.05, 0) is 59.4 Å². The van der Waals surface area contributed by atoms with Gasteiger partial charge in [0.1, 0.15) is 11.6 Å². The van der Waals surface area contributed by atoms with Gasteiger partial charge in [0, 0.05) is 25.9 Å². The van der Waals surface area contributed by atoms with Crippen LogP contribution in [0.5, 0.6) is 0 Å². The van der Waals surface area contributed by atoms with E-state index in [1.165, 1.54) is 70.6 Å². The maximum absolute atomic E-state index is 13.0. The number of alkyl carbamates (subject to hydrolysis) is 1. The lowest BCUT2D eigenvalue weighted by Crippen LogP contribution is -2.47. The summed E-state index contributed by atoms with van der Waals surface area (Å²) in [5.74, 6) is -2.09. The Bertz CT molecular complexity index is 909. The zero-order valence-electron chi connectivity index (χ0n) is 31.6. The summed E-state index contributed by atoms with van der Waals surface area (Å²) >= 11 is 0. The van der Waals surface area contributed by atoms with Crippen LogP contribution in [0.15, 0.2) is 0 Å². The number of aliphatic hydroxyl groups is 2. The summed E-state index contributed by atoms with van der Waals surface area (Å²) in [7, 11) is 0. The average molecular weight is 698 g/mol. The average Bonchev–Trinajstić information content (AvgIpc) is 3.34. The van der Waals surface area contributed by atoms with E-state index in [9.17, 15) is 29.4 Å². The number of ether oxygens (including phenoxy) is 1. The Morgan fingerprint density at radius 3 is 1.59 bits per heavy atom. The van der Waals surface area contributed by atoms with Crippen molar-refractivity contribution in [2.45, 2.75) is 200 Å². The molecule has 1 fully saturated rings. The number of hydrogen-bond donors (Lipinski definition) is 3. The van der Waals surface area contributed by atoms with Gasteiger partial charge in [0.05, 0.1) is 12.2 Å². The quantitative estimate of drug-likeness (QED) is 0.0539. The lowest BCUT2D eigenvalue weighted by molar-refractivity contribution is -0.199. The molecule has 3 amide bonds. The molecule has 11 heteroatoms. The van der Waals surface area contributed by atoms with Crippen molar-refractivity contribution in [1.82, 2.24) is 15.3 Å². The topological polar surface area (TPSA) is 146 Å². The van der Waals surface area contributed by atoms with Crippen molar-refractivity contribution in [2.24, 2.45) is 0 Å². The number of carbonyl (C=O) groups is 4. The van der Waals surface area contributed by atoms with Gasteiger partial charge in [-0.25, -0.2) is 9.59 Å². The predicted octanol–water partition coefficient (Wildman–Crippen LogP) is 7.35. The summed E-state index contributed by atoms with van der Waals surface area (Å²) in [5, 5.41) is 24.8. The number of hydrogen-bond acceptors (Lipinski definition) is 9. The zero-order chi connectivity index (χ0) is 36.5. The van der Waals surface area contributed by atoms with Crippen LogP contribution in [0.1, 0.15) is 176 Å². The number of amides is 3. The molecule has 1 aliphatic rings. The summed E-state index contributed by atoms with van der Waals surface area (Å²) in [4.78, 5) is 56.8. The first kappa shape index (κ1) is 44.8. The van der Waals surface area contributed by atoms with Crippen molar-refractivity contribution in [2.75, 3.05) is 19.6 Å². The number of imide groups is 1. The fourth-order valence-corrected chi connectivity index (χ4v) is 6.08. The van der Waals surface area contributed by atoms with Gasteiger partial charge in [0.2, 0.25) is 0 Å². The predicted molar refractivity (Wildman–Crippen MR) is 192 cm³/mol. The molecule has 1 heterocycles. The summed E-state index contributed by atoms with van der Waals surface area (Å²) < 4.78 is 5.33. The molecule has 286 valence electrons. The molecule has 11 nitrogen and oxygen atoms in total. The van der Waals surface area contributed by atoms with Crippen LogP contribution in [0.4, 0.5) is 4.79 Å². The van der Waals surface area contributed by atoms with Crippen LogP contribution in [0.2, 0.25) is 0 Å². The van der Waals surface area contributed by atoms with Gasteiger partial charge < -0.3 is 25.1 Å². The van der Waals surface area contributed by atoms with Crippen LogP contribution < -0.4 is 5.32 Å². The van der Waals surface area contributed by atoms with Crippen molar-refractivity contribution in [3.05, 3.63) is 0 Å². The molecule has 0 aliphatic carbocycles. The van der Waals surface area contributed by atoms with E-state index in [2.05, 4.69) is 24.1 Å². The molecule has 0 saturated carbocycles. The van der Waals surface area contributed by atoms with Crippen LogP contribution in [-0.4, -0.2) is 87.5 Å². The van der Waals surface area contributed by atoms with Gasteiger partial charge >= 0.3 is 12.1 Å². The largest absolute Gasteiger partial charge is 0.444 e. The molecule has 0 aromatic carbocycles. The first-order valence-corrected chi connectivity index (χ1v) is 19.5. The number of rotatable bonds is 29. The molecule has 49 heavy (non-hydrogen) atoms. The highest BCUT2D eigenvalue weighted by atomic mass is 16.7. The van der Waals surface area contributed by atoms with E-state index in [0.29, 0.717) is 37.5 Å². The fourth-order valence-electron chi connectivity index (χ4n) is 6.08. The highest BCUT2D eigenvalue weighted by Gasteiger charge is 2.35. The zero-order valence-corrected chi connectivity index (χ0v) is 31.6. The number of carbonyl (C=O) groups excluding carboxylic acids is 4. The van der Waals surface area contributed by atoms with Crippen LogP contribution in [0, 0.1) is 0 Å². The lowest BCUT2D eigenvalue weighted by Gasteiger charge is -2.28. The van der Waals surface area contributed by atoms with Gasteiger partial charge in [-0.15, -0.1) is 5.06 Å². The summed E-state index contributed by atoms with van der Waals surface area (Å²) in [6.45, 7) is 11.1. The van der Waals surface area contributed by atoms with Crippen molar-refractivity contribution >= 4 is 23.9 Å². The summed E-state index contributed by atoms with van der Waals surface area (Å²) in [6.07, 6.45) is 18.9. The number of nitrogens with zero attached hydrogens (tertiary/aromatic N) is 2. The van der Waals surface area contributed by atoms with Crippen molar-refractivity contribution in [3.63, 3.8) is 0 Å². The second kappa shape index (κ2) is 26.6. The van der Waals surface area contributed by atoms with Gasteiger partial charge in [0.25, 0.3) is 11.8 Å². The Morgan fingerprint density at radius 2 is 1.14 bits per heavy atom. The molecule has 0 bridgehead atoms. The summed E-state index contributed by atoms with van der Waals surface area (Å²) in [6, 6.07) is -1.13. The normalized spacial score (nSPS) is 15.5. The molecule has 1 rings (SSSR count). The Kier molecular flexibility index (Phi) is 24.3. The summed E-state index contributed by atoms with van der Waals surface area (Å²) in [5.41, 5.74) is -0.786. The molecule has 0 radical (unpaired) electrons. The molecular formula is C38H71N3O8. The Labute approximate surface area is 297 Å². The number of unbranched alkanes of at least 4 members (excludes halogenated alkanes) is 14. The van der Waals surface area contributed by atoms with Gasteiger partial charge in [-0.2, -0.15) is 0 Å². The standard InChI is InChI=1S/C38H71N3O8/c1-6-8-10-12-14-16-18-20-24-32(43)30-40(29-31(42)23-19-17-15-13-11-9-7-2)28-22-21-25-33(39-37(47)48-38(3,4)5)36(46)49-41-34(44)26-27-35(41)45/h31-33,42-43H,6-30H2,1-5H3,(H,39,47)/t31-,32-,33-/m1/s1. The van der Waals surface area contributed by atoms with Crippen molar-refractivity contribution in [1.29, 1.82) is 0 Å². The Hall–Kier alpha value is -2.24. The molecule has 3 N–H and O–H groups in total. The van der Waals surface area contributed by atoms with Crippen molar-refractivity contribution < 1.29 is 39.0 Å². The Morgan fingerprint density at radius 1 is 0.714 bits per heavy atom. The third kappa shape index (κ3) is 23.0. The SMILES string of the molecule is CCCCCCCCCC[C@@H](O)CN(CCCC[C@@H](NC(=O)OC(C)(C)C)C(=O)ON1C(=O)CCC1=O)C[C@H](O)CCCCCCCCC. The minimum absolute atomic E-state index is 0.0260. The van der Waals surface area contributed by atoms with Gasteiger partial charge in [-0.1, -0.05) is 110 Å². The molecule has 0 unspecified atom stereocenters. The van der Waals surface area contributed by atoms with E-state index in [-0.39, 0.29) is 19.3 Å². The third-order valence-corrected chi connectivity index (χ3v) is 8.85. The highest BCUT2D eigenvalue weighted by molar-refractivity contribution is 6.01. The third-order valence-electron chi connectivity index (χ3n) is 8.85. The second-order valence-corrected chi connectivity index (χ2v) is 14.9. The molecule has 0 spiro atoms. The minimum Gasteiger partial charge on any atom is -0.444 e. The van der Waals surface area contributed by atoms with E-state index in [0.717, 1.165) is 38.5 Å². The maximum Gasteiger partial charge on any atom is 0.408 e. The molecule has 1 saturated heterocycles. The second-order valence-electron chi connectivity index (χ2n) is 14.9. The smallest absolute Gasteiger partial charge is 0.408 e. The van der Waals surface area contributed by atoms with E-state index >= 15 is 0 Å². The van der Waals surface area contributed by atoms with E-state index in [1.807, 2.05) is 0 Å². The van der Waals surface area contributed by atoms with E-state index in [1.54, 1.807) is 20.8 Å². The number of nitrogens with one attached hydrogen (secondary N) is 1. The van der Waals surface area contributed by atoms with E-state index in [4.69, 9.17) is 9.57 Å². The molecule has 3 atom stereocenters. The maximum atomic E-state index is 13.0. The van der Waals surface area contributed by atoms with E-state index < -0.39 is 47.7 Å². The Balaban J connectivity index is 2.71. The monoisotopic (exact) mass is 698 g/mol. The first-order chi connectivity index (χ1) is 23.4. The number of aliphatic hydroxyl groups excluding tert-OH is 2. The van der Waals surface area contributed by atoms with Gasteiger partial charge in [0.15, 0.2) is 0 Å². The first-order valence-electron chi connectivity index (χ1n) is 19.5. The highest BCUT2D eigenvalue weighted by Crippen LogP contribution is 2.17. The van der Waals surface area contributed by atoms with Crippen LogP contribution in [0.25, 0.3) is 0 Å². The molecule has 0 aromatic heterocycles. The fraction of sp³-hybridized carbons (Fsp3) is 0.895. The van der Waals surface area contributed by atoms with Crippen LogP contribution in [0.3, 0.4) is 0 Å². The minimum atomic E-state index is -1.13. The van der Waals surface area contributed by atoms with Gasteiger partial charge in [-0.3, -0.25) is 14.5 Å². The molecular weight excluding hydrogens is 626 g/mol. The van der Waals surface area contributed by atoms with Crippen molar-refractivity contribution in [3.8, 4) is 0 Å².